The van der Waals surface area contributed by atoms with Crippen LogP contribution in [0.25, 0.3) is 0 Å². The second-order valence-corrected chi connectivity index (χ2v) is 5.52. The summed E-state index contributed by atoms with van der Waals surface area (Å²) in [5, 5.41) is 12.2. The number of nitrogens with one attached hydrogen (secondary N) is 1. The van der Waals surface area contributed by atoms with E-state index in [9.17, 15) is 9.59 Å². The molecule has 110 valence electrons. The monoisotopic (exact) mass is 297 g/mol. The Morgan fingerprint density at radius 1 is 1.25 bits per heavy atom. The summed E-state index contributed by atoms with van der Waals surface area (Å²) in [5.41, 5.74) is 0.835. The van der Waals surface area contributed by atoms with Gasteiger partial charge in [0.15, 0.2) is 0 Å². The van der Waals surface area contributed by atoms with Gasteiger partial charge in [0.25, 0.3) is 0 Å². The lowest BCUT2D eigenvalue weighted by molar-refractivity contribution is -0.142. The largest absolute Gasteiger partial charge is 0.480 e. The molecule has 5 heteroatoms. The average molecular weight is 298 g/mol. The number of carbonyl (C=O) groups excluding carboxylic acids is 1. The third kappa shape index (κ3) is 4.23. The van der Waals surface area contributed by atoms with Gasteiger partial charge in [0.2, 0.25) is 5.91 Å². The number of halogens is 1. The highest BCUT2D eigenvalue weighted by Gasteiger charge is 2.27. The number of aliphatic carboxylic acids is 1. The molecular weight excluding hydrogens is 278 g/mol. The molecule has 1 aromatic carbocycles. The van der Waals surface area contributed by atoms with Crippen LogP contribution in [0.1, 0.15) is 38.7 Å². The van der Waals surface area contributed by atoms with E-state index >= 15 is 0 Å². The zero-order valence-electron chi connectivity index (χ0n) is 11.9. The molecule has 1 unspecified atom stereocenters. The first-order valence-corrected chi connectivity index (χ1v) is 7.03. The molecule has 0 saturated heterocycles. The molecule has 0 aromatic heterocycles. The highest BCUT2D eigenvalue weighted by atomic mass is 35.5. The smallest absolute Gasteiger partial charge is 0.326 e. The summed E-state index contributed by atoms with van der Waals surface area (Å²) in [6, 6.07) is 6.21. The number of rotatable bonds is 6. The van der Waals surface area contributed by atoms with Crippen LogP contribution in [0.3, 0.4) is 0 Å². The van der Waals surface area contributed by atoms with E-state index in [1.165, 1.54) is 0 Å². The van der Waals surface area contributed by atoms with Crippen LogP contribution in [0.5, 0.6) is 0 Å². The van der Waals surface area contributed by atoms with Crippen LogP contribution in [0.4, 0.5) is 0 Å². The van der Waals surface area contributed by atoms with Gasteiger partial charge in [-0.05, 0) is 30.0 Å². The number of benzene rings is 1. The predicted octanol–water partition coefficient (Wildman–Crippen LogP) is 3.06. The molecule has 0 heterocycles. The quantitative estimate of drug-likeness (QED) is 0.848. The van der Waals surface area contributed by atoms with Crippen LogP contribution < -0.4 is 5.32 Å². The van der Waals surface area contributed by atoms with E-state index in [4.69, 9.17) is 16.7 Å². The number of hydrogen-bond donors (Lipinski definition) is 2. The first-order chi connectivity index (χ1) is 9.36. The third-order valence-electron chi connectivity index (χ3n) is 3.20. The molecule has 0 spiro atoms. The van der Waals surface area contributed by atoms with Gasteiger partial charge < -0.3 is 10.4 Å². The lowest BCUT2D eigenvalue weighted by atomic mass is 9.87. The molecule has 0 radical (unpaired) electrons. The summed E-state index contributed by atoms with van der Waals surface area (Å²) >= 11 is 5.85. The molecule has 20 heavy (non-hydrogen) atoms. The van der Waals surface area contributed by atoms with Crippen molar-refractivity contribution < 1.29 is 14.7 Å². The minimum absolute atomic E-state index is 0.0578. The van der Waals surface area contributed by atoms with Crippen molar-refractivity contribution in [1.29, 1.82) is 0 Å². The summed E-state index contributed by atoms with van der Waals surface area (Å²) in [4.78, 5) is 23.3. The fourth-order valence-electron chi connectivity index (χ4n) is 2.11. The molecule has 0 aliphatic rings. The molecule has 4 nitrogen and oxygen atoms in total. The Morgan fingerprint density at radius 3 is 2.20 bits per heavy atom. The zero-order chi connectivity index (χ0) is 15.3. The van der Waals surface area contributed by atoms with E-state index in [-0.39, 0.29) is 17.7 Å². The SMILES string of the molecule is CC[C@@H](NC(=O)C(c1ccc(Cl)cc1)C(C)C)C(=O)O. The Labute approximate surface area is 124 Å². The number of carbonyl (C=O) groups is 2. The molecule has 1 amide bonds. The van der Waals surface area contributed by atoms with Gasteiger partial charge in [0.05, 0.1) is 5.92 Å². The van der Waals surface area contributed by atoms with Gasteiger partial charge >= 0.3 is 5.97 Å². The Morgan fingerprint density at radius 2 is 1.80 bits per heavy atom. The Balaban J connectivity index is 2.93. The molecule has 2 N–H and O–H groups in total. The summed E-state index contributed by atoms with van der Waals surface area (Å²) in [6.07, 6.45) is 0.354. The van der Waals surface area contributed by atoms with Crippen molar-refractivity contribution in [3.8, 4) is 0 Å². The minimum atomic E-state index is -1.01. The van der Waals surface area contributed by atoms with Crippen LogP contribution in [-0.4, -0.2) is 23.0 Å². The Bertz CT molecular complexity index is 471. The van der Waals surface area contributed by atoms with Gasteiger partial charge in [-0.15, -0.1) is 0 Å². The molecule has 0 aliphatic heterocycles. The second kappa shape index (κ2) is 7.29. The lowest BCUT2D eigenvalue weighted by Crippen LogP contribution is -2.43. The van der Waals surface area contributed by atoms with Crippen LogP contribution >= 0.6 is 11.6 Å². The van der Waals surface area contributed by atoms with Gasteiger partial charge in [-0.2, -0.15) is 0 Å². The second-order valence-electron chi connectivity index (χ2n) is 5.08. The van der Waals surface area contributed by atoms with E-state index < -0.39 is 12.0 Å². The van der Waals surface area contributed by atoms with E-state index in [2.05, 4.69) is 5.32 Å². The van der Waals surface area contributed by atoms with Crippen LogP contribution in [0.15, 0.2) is 24.3 Å². The van der Waals surface area contributed by atoms with E-state index in [0.717, 1.165) is 5.56 Å². The maximum absolute atomic E-state index is 12.3. The van der Waals surface area contributed by atoms with Crippen molar-refractivity contribution >= 4 is 23.5 Å². The van der Waals surface area contributed by atoms with Crippen molar-refractivity contribution in [2.45, 2.75) is 39.2 Å². The topological polar surface area (TPSA) is 66.4 Å². The van der Waals surface area contributed by atoms with E-state index in [0.29, 0.717) is 11.4 Å². The molecular formula is C15H20ClNO3. The van der Waals surface area contributed by atoms with Gasteiger partial charge in [0.1, 0.15) is 6.04 Å². The zero-order valence-corrected chi connectivity index (χ0v) is 12.6. The Hall–Kier alpha value is -1.55. The van der Waals surface area contributed by atoms with Crippen LogP contribution in [0, 0.1) is 5.92 Å². The van der Waals surface area contributed by atoms with E-state index in [1.54, 1.807) is 31.2 Å². The minimum Gasteiger partial charge on any atom is -0.480 e. The van der Waals surface area contributed by atoms with Gasteiger partial charge in [-0.1, -0.05) is 44.5 Å². The molecule has 0 saturated carbocycles. The summed E-state index contributed by atoms with van der Waals surface area (Å²) in [7, 11) is 0. The summed E-state index contributed by atoms with van der Waals surface area (Å²) < 4.78 is 0. The fraction of sp³-hybridized carbons (Fsp3) is 0.467. The number of carboxylic acid groups (broad SMARTS) is 1. The molecule has 0 bridgehead atoms. The lowest BCUT2D eigenvalue weighted by Gasteiger charge is -2.23. The number of hydrogen-bond acceptors (Lipinski definition) is 2. The maximum Gasteiger partial charge on any atom is 0.326 e. The van der Waals surface area contributed by atoms with Gasteiger partial charge in [-0.25, -0.2) is 4.79 Å². The fourth-order valence-corrected chi connectivity index (χ4v) is 2.24. The molecule has 0 aliphatic carbocycles. The molecule has 0 fully saturated rings. The van der Waals surface area contributed by atoms with Gasteiger partial charge in [0, 0.05) is 5.02 Å². The van der Waals surface area contributed by atoms with E-state index in [1.807, 2.05) is 13.8 Å². The first-order valence-electron chi connectivity index (χ1n) is 6.65. The average Bonchev–Trinajstić information content (AvgIpc) is 2.37. The number of amides is 1. The van der Waals surface area contributed by atoms with Crippen molar-refractivity contribution in [2.24, 2.45) is 5.92 Å². The highest BCUT2D eigenvalue weighted by molar-refractivity contribution is 6.30. The summed E-state index contributed by atoms with van der Waals surface area (Å²) in [6.45, 7) is 5.59. The van der Waals surface area contributed by atoms with Crippen molar-refractivity contribution in [2.75, 3.05) is 0 Å². The van der Waals surface area contributed by atoms with Crippen LogP contribution in [-0.2, 0) is 9.59 Å². The third-order valence-corrected chi connectivity index (χ3v) is 3.45. The normalized spacial score (nSPS) is 13.8. The van der Waals surface area contributed by atoms with Crippen molar-refractivity contribution in [1.82, 2.24) is 5.32 Å². The maximum atomic E-state index is 12.3. The van der Waals surface area contributed by atoms with Gasteiger partial charge in [-0.3, -0.25) is 4.79 Å². The van der Waals surface area contributed by atoms with Crippen LogP contribution in [0.2, 0.25) is 5.02 Å². The molecule has 1 aromatic rings. The predicted molar refractivity (Wildman–Crippen MR) is 78.9 cm³/mol. The number of carboxylic acids is 1. The molecule has 1 rings (SSSR count). The standard InChI is InChI=1S/C15H20ClNO3/c1-4-12(15(19)20)17-14(18)13(9(2)3)10-5-7-11(16)8-6-10/h5-9,12-13H,4H2,1-3H3,(H,17,18)(H,19,20)/t12-,13?/m1/s1. The summed E-state index contributed by atoms with van der Waals surface area (Å²) in [5.74, 6) is -1.61. The highest BCUT2D eigenvalue weighted by Crippen LogP contribution is 2.26. The Kier molecular flexibility index (Phi) is 6.02. The van der Waals surface area contributed by atoms with Crippen molar-refractivity contribution in [3.05, 3.63) is 34.9 Å². The van der Waals surface area contributed by atoms with Crippen molar-refractivity contribution in [3.63, 3.8) is 0 Å². The first kappa shape index (κ1) is 16.5. The molecule has 2 atom stereocenters.